The van der Waals surface area contributed by atoms with Crippen molar-refractivity contribution in [3.05, 3.63) is 29.6 Å². The monoisotopic (exact) mass is 232 g/mol. The molecule has 0 aliphatic rings. The van der Waals surface area contributed by atoms with Gasteiger partial charge in [0.15, 0.2) is 0 Å². The largest absolute Gasteiger partial charge is 0.407 e. The third kappa shape index (κ3) is 3.48. The number of pyridine rings is 1. The van der Waals surface area contributed by atoms with Gasteiger partial charge < -0.3 is 5.32 Å². The van der Waals surface area contributed by atoms with Gasteiger partial charge in [-0.15, -0.1) is 0 Å². The van der Waals surface area contributed by atoms with Crippen molar-refractivity contribution >= 4 is 0 Å². The van der Waals surface area contributed by atoms with Crippen LogP contribution >= 0.6 is 0 Å². The average Bonchev–Trinajstić information content (AvgIpc) is 2.16. The summed E-state index contributed by atoms with van der Waals surface area (Å²) in [6.45, 7) is 3.89. The molecule has 1 atom stereocenters. The van der Waals surface area contributed by atoms with Gasteiger partial charge in [0, 0.05) is 12.4 Å². The molecular formula is C11H15F3N2. The lowest BCUT2D eigenvalue weighted by atomic mass is 10.1. The van der Waals surface area contributed by atoms with E-state index in [1.54, 1.807) is 6.92 Å². The summed E-state index contributed by atoms with van der Waals surface area (Å²) >= 11 is 0. The average molecular weight is 232 g/mol. The van der Waals surface area contributed by atoms with E-state index in [2.05, 4.69) is 10.3 Å². The van der Waals surface area contributed by atoms with Crippen molar-refractivity contribution in [3.8, 4) is 0 Å². The lowest BCUT2D eigenvalue weighted by Gasteiger charge is -2.21. The Bertz CT molecular complexity index is 336. The van der Waals surface area contributed by atoms with Gasteiger partial charge in [-0.05, 0) is 31.0 Å². The second-order valence-corrected chi connectivity index (χ2v) is 3.72. The first-order chi connectivity index (χ1) is 7.45. The van der Waals surface area contributed by atoms with Crippen LogP contribution in [0.1, 0.15) is 30.5 Å². The first-order valence-corrected chi connectivity index (χ1v) is 5.16. The lowest BCUT2D eigenvalue weighted by Crippen LogP contribution is -2.34. The van der Waals surface area contributed by atoms with E-state index >= 15 is 0 Å². The number of rotatable bonds is 4. The molecule has 1 rings (SSSR count). The van der Waals surface area contributed by atoms with Crippen LogP contribution in [0.3, 0.4) is 0 Å². The Morgan fingerprint density at radius 2 is 2.06 bits per heavy atom. The maximum Gasteiger partial charge on any atom is 0.407 e. The van der Waals surface area contributed by atoms with Crippen LogP contribution in [-0.4, -0.2) is 17.7 Å². The molecule has 1 heterocycles. The molecule has 0 saturated heterocycles. The second-order valence-electron chi connectivity index (χ2n) is 3.72. The number of alkyl halides is 3. The van der Waals surface area contributed by atoms with Gasteiger partial charge in [0.2, 0.25) is 0 Å². The number of aryl methyl sites for hydroxylation is 1. The van der Waals surface area contributed by atoms with Crippen LogP contribution in [0.25, 0.3) is 0 Å². The Hall–Kier alpha value is -1.10. The molecule has 0 fully saturated rings. The van der Waals surface area contributed by atoms with Crippen LogP contribution < -0.4 is 5.32 Å². The Morgan fingerprint density at radius 3 is 2.56 bits per heavy atom. The lowest BCUT2D eigenvalue weighted by molar-refractivity contribution is -0.157. The summed E-state index contributed by atoms with van der Waals surface area (Å²) in [7, 11) is 0. The minimum Gasteiger partial charge on any atom is -0.302 e. The van der Waals surface area contributed by atoms with Gasteiger partial charge in [0.1, 0.15) is 6.04 Å². The molecule has 1 N–H and O–H groups in total. The standard InChI is InChI=1S/C11H15F3N2/c1-3-4-16-10(11(12,13)14)9-5-8(2)6-15-7-9/h5-7,10,16H,3-4H2,1-2H3. The van der Waals surface area contributed by atoms with Crippen LogP contribution in [0, 0.1) is 6.92 Å². The maximum absolute atomic E-state index is 12.8. The van der Waals surface area contributed by atoms with E-state index in [0.717, 1.165) is 5.56 Å². The van der Waals surface area contributed by atoms with Crippen LogP contribution in [0.2, 0.25) is 0 Å². The highest BCUT2D eigenvalue weighted by Gasteiger charge is 2.40. The number of hydrogen-bond acceptors (Lipinski definition) is 2. The van der Waals surface area contributed by atoms with E-state index in [0.29, 0.717) is 13.0 Å². The quantitative estimate of drug-likeness (QED) is 0.863. The van der Waals surface area contributed by atoms with Crippen molar-refractivity contribution in [2.24, 2.45) is 0 Å². The molecule has 1 aromatic heterocycles. The van der Waals surface area contributed by atoms with Gasteiger partial charge in [0.25, 0.3) is 0 Å². The van der Waals surface area contributed by atoms with Crippen molar-refractivity contribution in [3.63, 3.8) is 0 Å². The predicted molar refractivity (Wildman–Crippen MR) is 56.1 cm³/mol. The number of hydrogen-bond donors (Lipinski definition) is 1. The smallest absolute Gasteiger partial charge is 0.302 e. The molecule has 5 heteroatoms. The summed E-state index contributed by atoms with van der Waals surface area (Å²) in [5.41, 5.74) is 0.894. The van der Waals surface area contributed by atoms with Gasteiger partial charge in [-0.1, -0.05) is 13.0 Å². The van der Waals surface area contributed by atoms with Gasteiger partial charge >= 0.3 is 6.18 Å². The fourth-order valence-electron chi connectivity index (χ4n) is 1.45. The van der Waals surface area contributed by atoms with E-state index in [1.807, 2.05) is 6.92 Å². The minimum atomic E-state index is -4.29. The van der Waals surface area contributed by atoms with Crippen LogP contribution in [0.5, 0.6) is 0 Å². The van der Waals surface area contributed by atoms with E-state index in [4.69, 9.17) is 0 Å². The molecule has 90 valence electrons. The highest BCUT2D eigenvalue weighted by molar-refractivity contribution is 5.21. The predicted octanol–water partition coefficient (Wildman–Crippen LogP) is 2.99. The molecule has 0 aromatic carbocycles. The van der Waals surface area contributed by atoms with Crippen molar-refractivity contribution in [1.82, 2.24) is 10.3 Å². The molecule has 1 unspecified atom stereocenters. The number of nitrogens with zero attached hydrogens (tertiary/aromatic N) is 1. The summed E-state index contributed by atoms with van der Waals surface area (Å²) in [6.07, 6.45) is -0.832. The third-order valence-electron chi connectivity index (χ3n) is 2.16. The van der Waals surface area contributed by atoms with E-state index < -0.39 is 12.2 Å². The molecule has 0 aliphatic carbocycles. The summed E-state index contributed by atoms with van der Waals surface area (Å²) < 4.78 is 38.3. The normalized spacial score (nSPS) is 13.8. The maximum atomic E-state index is 12.8. The Kier molecular flexibility index (Phi) is 4.29. The highest BCUT2D eigenvalue weighted by Crippen LogP contribution is 2.32. The number of aromatic nitrogens is 1. The SMILES string of the molecule is CCCNC(c1cncc(C)c1)C(F)(F)F. The van der Waals surface area contributed by atoms with Crippen LogP contribution in [-0.2, 0) is 0 Å². The third-order valence-corrected chi connectivity index (χ3v) is 2.16. The first kappa shape index (κ1) is 13.0. The zero-order valence-corrected chi connectivity index (χ0v) is 9.30. The fraction of sp³-hybridized carbons (Fsp3) is 0.545. The molecule has 0 radical (unpaired) electrons. The van der Waals surface area contributed by atoms with Crippen molar-refractivity contribution < 1.29 is 13.2 Å². The van der Waals surface area contributed by atoms with Crippen LogP contribution in [0.15, 0.2) is 18.5 Å². The molecule has 0 spiro atoms. The van der Waals surface area contributed by atoms with Crippen molar-refractivity contribution in [2.45, 2.75) is 32.5 Å². The Balaban J connectivity index is 2.92. The summed E-state index contributed by atoms with van der Waals surface area (Å²) in [6, 6.07) is -0.117. The molecule has 0 amide bonds. The molecule has 1 aromatic rings. The van der Waals surface area contributed by atoms with Gasteiger partial charge in [-0.3, -0.25) is 4.98 Å². The molecule has 0 bridgehead atoms. The molecule has 16 heavy (non-hydrogen) atoms. The molecule has 0 saturated carbocycles. The number of nitrogens with one attached hydrogen (secondary N) is 1. The fourth-order valence-corrected chi connectivity index (χ4v) is 1.45. The first-order valence-electron chi connectivity index (χ1n) is 5.16. The summed E-state index contributed by atoms with van der Waals surface area (Å²) in [5, 5.41) is 2.49. The molecule has 2 nitrogen and oxygen atoms in total. The summed E-state index contributed by atoms with van der Waals surface area (Å²) in [5.74, 6) is 0. The summed E-state index contributed by atoms with van der Waals surface area (Å²) in [4.78, 5) is 3.79. The second kappa shape index (κ2) is 5.30. The van der Waals surface area contributed by atoms with E-state index in [-0.39, 0.29) is 5.56 Å². The topological polar surface area (TPSA) is 24.9 Å². The number of halogens is 3. The van der Waals surface area contributed by atoms with E-state index in [1.165, 1.54) is 18.5 Å². The van der Waals surface area contributed by atoms with Crippen molar-refractivity contribution in [1.29, 1.82) is 0 Å². The molecular weight excluding hydrogens is 217 g/mol. The zero-order valence-electron chi connectivity index (χ0n) is 9.30. The molecule has 0 aliphatic heterocycles. The highest BCUT2D eigenvalue weighted by atomic mass is 19.4. The van der Waals surface area contributed by atoms with E-state index in [9.17, 15) is 13.2 Å². The van der Waals surface area contributed by atoms with Crippen molar-refractivity contribution in [2.75, 3.05) is 6.54 Å². The van der Waals surface area contributed by atoms with Crippen LogP contribution in [0.4, 0.5) is 13.2 Å². The Labute approximate surface area is 92.9 Å². The van der Waals surface area contributed by atoms with Gasteiger partial charge in [-0.2, -0.15) is 13.2 Å². The van der Waals surface area contributed by atoms with Gasteiger partial charge in [-0.25, -0.2) is 0 Å². The minimum absolute atomic E-state index is 0.168. The zero-order chi connectivity index (χ0) is 12.2. The Morgan fingerprint density at radius 1 is 1.38 bits per heavy atom. The van der Waals surface area contributed by atoms with Gasteiger partial charge in [0.05, 0.1) is 0 Å².